The molecule has 1 N–H and O–H groups in total. The fourth-order valence-electron chi connectivity index (χ4n) is 1.68. The van der Waals surface area contributed by atoms with Crippen LogP contribution in [0.25, 0.3) is 0 Å². The van der Waals surface area contributed by atoms with E-state index in [-0.39, 0.29) is 24.7 Å². The molecule has 104 valence electrons. The van der Waals surface area contributed by atoms with Gasteiger partial charge in [0.15, 0.2) is 0 Å². The van der Waals surface area contributed by atoms with Crippen LogP contribution in [0.2, 0.25) is 0 Å². The maximum atomic E-state index is 11.0. The van der Waals surface area contributed by atoms with E-state index in [0.29, 0.717) is 10.2 Å². The molecular weight excluding hydrogens is 318 g/mol. The Hall–Kier alpha value is -1.70. The summed E-state index contributed by atoms with van der Waals surface area (Å²) in [7, 11) is 0. The van der Waals surface area contributed by atoms with Crippen molar-refractivity contribution in [2.45, 2.75) is 26.3 Å². The van der Waals surface area contributed by atoms with Crippen molar-refractivity contribution in [3.63, 3.8) is 0 Å². The zero-order chi connectivity index (χ0) is 14.6. The van der Waals surface area contributed by atoms with Gasteiger partial charge in [0.25, 0.3) is 0 Å². The van der Waals surface area contributed by atoms with Crippen molar-refractivity contribution in [3.8, 4) is 0 Å². The van der Waals surface area contributed by atoms with Gasteiger partial charge in [0.2, 0.25) is 0 Å². The number of carboxylic acid groups (broad SMARTS) is 1. The van der Waals surface area contributed by atoms with Crippen LogP contribution >= 0.6 is 15.9 Å². The fourth-order valence-corrected chi connectivity index (χ4v) is 2.23. The van der Waals surface area contributed by atoms with Crippen molar-refractivity contribution < 1.29 is 14.8 Å². The minimum absolute atomic E-state index is 0.0725. The van der Waals surface area contributed by atoms with E-state index < -0.39 is 10.9 Å². The lowest BCUT2D eigenvalue weighted by atomic mass is 10.2. The average molecular weight is 332 g/mol. The molecule has 0 aromatic carbocycles. The monoisotopic (exact) mass is 331 g/mol. The van der Waals surface area contributed by atoms with Crippen LogP contribution in [0.5, 0.6) is 0 Å². The van der Waals surface area contributed by atoms with Crippen LogP contribution in [0.4, 0.5) is 11.4 Å². The van der Waals surface area contributed by atoms with Crippen LogP contribution in [-0.2, 0) is 4.79 Å². The van der Waals surface area contributed by atoms with Crippen molar-refractivity contribution in [3.05, 3.63) is 27.0 Å². The first kappa shape index (κ1) is 15.4. The van der Waals surface area contributed by atoms with Gasteiger partial charge in [-0.2, -0.15) is 0 Å². The molecule has 0 fully saturated rings. The molecule has 0 aliphatic heterocycles. The number of nitro groups is 1. The molecule has 0 spiro atoms. The number of carboxylic acids is 1. The van der Waals surface area contributed by atoms with E-state index in [0.717, 1.165) is 6.20 Å². The maximum Gasteiger partial charge on any atom is 0.311 e. The van der Waals surface area contributed by atoms with Gasteiger partial charge in [-0.3, -0.25) is 19.9 Å². The Morgan fingerprint density at radius 2 is 2.21 bits per heavy atom. The second-order valence-corrected chi connectivity index (χ2v) is 5.03. The van der Waals surface area contributed by atoms with E-state index in [1.54, 1.807) is 4.90 Å². The molecule has 0 saturated carbocycles. The molecule has 0 atom stereocenters. The topological polar surface area (TPSA) is 96.6 Å². The molecule has 0 aliphatic rings. The Labute approximate surface area is 118 Å². The minimum Gasteiger partial charge on any atom is -0.481 e. The summed E-state index contributed by atoms with van der Waals surface area (Å²) in [4.78, 5) is 26.6. The van der Waals surface area contributed by atoms with E-state index >= 15 is 0 Å². The number of rotatable bonds is 6. The molecule has 1 heterocycles. The number of halogens is 1. The molecule has 7 nitrogen and oxygen atoms in total. The molecule has 0 radical (unpaired) electrons. The Kier molecular flexibility index (Phi) is 5.22. The van der Waals surface area contributed by atoms with Gasteiger partial charge in [-0.05, 0) is 29.8 Å². The van der Waals surface area contributed by atoms with Crippen LogP contribution in [0.1, 0.15) is 20.3 Å². The van der Waals surface area contributed by atoms with Gasteiger partial charge < -0.3 is 10.0 Å². The molecule has 1 aromatic heterocycles. The van der Waals surface area contributed by atoms with E-state index in [1.807, 2.05) is 13.8 Å². The van der Waals surface area contributed by atoms with Crippen LogP contribution in [-0.4, -0.2) is 33.6 Å². The van der Waals surface area contributed by atoms with Crippen molar-refractivity contribution in [2.24, 2.45) is 0 Å². The first-order valence-corrected chi connectivity index (χ1v) is 6.40. The number of aliphatic carboxylic acids is 1. The number of hydrogen-bond donors (Lipinski definition) is 1. The number of hydrogen-bond acceptors (Lipinski definition) is 5. The van der Waals surface area contributed by atoms with E-state index in [2.05, 4.69) is 20.9 Å². The Balaban J connectivity index is 3.21. The largest absolute Gasteiger partial charge is 0.481 e. The van der Waals surface area contributed by atoms with Crippen molar-refractivity contribution in [1.29, 1.82) is 0 Å². The molecule has 0 amide bonds. The molecule has 1 rings (SSSR count). The van der Waals surface area contributed by atoms with Crippen molar-refractivity contribution in [2.75, 3.05) is 11.4 Å². The van der Waals surface area contributed by atoms with Crippen LogP contribution in [0.3, 0.4) is 0 Å². The van der Waals surface area contributed by atoms with Gasteiger partial charge in [-0.25, -0.2) is 0 Å². The number of pyridine rings is 1. The van der Waals surface area contributed by atoms with Crippen LogP contribution in [0.15, 0.2) is 16.9 Å². The van der Waals surface area contributed by atoms with Crippen LogP contribution < -0.4 is 4.90 Å². The predicted molar refractivity (Wildman–Crippen MR) is 73.3 cm³/mol. The smallest absolute Gasteiger partial charge is 0.311 e. The van der Waals surface area contributed by atoms with Gasteiger partial charge in [0.1, 0.15) is 11.9 Å². The summed E-state index contributed by atoms with van der Waals surface area (Å²) in [5.41, 5.74) is 0.213. The second-order valence-electron chi connectivity index (χ2n) is 4.18. The highest BCUT2D eigenvalue weighted by Gasteiger charge is 2.25. The number of carbonyl (C=O) groups is 1. The lowest BCUT2D eigenvalue weighted by molar-refractivity contribution is -0.384. The third kappa shape index (κ3) is 3.88. The molecule has 8 heteroatoms. The van der Waals surface area contributed by atoms with Crippen LogP contribution in [0, 0.1) is 10.1 Å². The molecule has 0 aliphatic carbocycles. The van der Waals surface area contributed by atoms with Gasteiger partial charge >= 0.3 is 11.7 Å². The molecule has 0 unspecified atom stereocenters. The van der Waals surface area contributed by atoms with E-state index in [9.17, 15) is 14.9 Å². The molecular formula is C11H14BrN3O4. The van der Waals surface area contributed by atoms with Gasteiger partial charge in [-0.15, -0.1) is 0 Å². The lowest BCUT2D eigenvalue weighted by Crippen LogP contribution is -2.33. The number of anilines is 1. The zero-order valence-corrected chi connectivity index (χ0v) is 12.1. The summed E-state index contributed by atoms with van der Waals surface area (Å²) in [5, 5.41) is 19.8. The Morgan fingerprint density at radius 3 is 2.68 bits per heavy atom. The van der Waals surface area contributed by atoms with Gasteiger partial charge in [-0.1, -0.05) is 0 Å². The Bertz CT molecular complexity index is 493. The lowest BCUT2D eigenvalue weighted by Gasteiger charge is -2.28. The fraction of sp³-hybridized carbons (Fsp3) is 0.455. The first-order valence-electron chi connectivity index (χ1n) is 5.61. The minimum atomic E-state index is -0.946. The predicted octanol–water partition coefficient (Wildman–Crippen LogP) is 2.44. The summed E-state index contributed by atoms with van der Waals surface area (Å²) >= 11 is 3.24. The second kappa shape index (κ2) is 6.46. The highest BCUT2D eigenvalue weighted by molar-refractivity contribution is 9.10. The number of aromatic nitrogens is 1. The summed E-state index contributed by atoms with van der Waals surface area (Å²) in [6.07, 6.45) is 2.53. The molecule has 0 saturated heterocycles. The summed E-state index contributed by atoms with van der Waals surface area (Å²) in [5.74, 6) is -0.946. The number of nitrogens with zero attached hydrogens (tertiary/aromatic N) is 3. The normalized spacial score (nSPS) is 10.5. The third-order valence-electron chi connectivity index (χ3n) is 2.53. The SMILES string of the molecule is CC(C)N(CCC(=O)O)c1c(Br)cncc1[N+](=O)[O-]. The highest BCUT2D eigenvalue weighted by Crippen LogP contribution is 2.35. The summed E-state index contributed by atoms with van der Waals surface area (Å²) in [6.45, 7) is 3.88. The van der Waals surface area contributed by atoms with Crippen molar-refractivity contribution in [1.82, 2.24) is 4.98 Å². The van der Waals surface area contributed by atoms with Crippen molar-refractivity contribution >= 4 is 33.3 Å². The third-order valence-corrected chi connectivity index (χ3v) is 3.11. The molecule has 1 aromatic rings. The van der Waals surface area contributed by atoms with Gasteiger partial charge in [0, 0.05) is 18.8 Å². The summed E-state index contributed by atoms with van der Waals surface area (Å²) < 4.78 is 0.473. The molecule has 19 heavy (non-hydrogen) atoms. The Morgan fingerprint density at radius 1 is 1.58 bits per heavy atom. The highest BCUT2D eigenvalue weighted by atomic mass is 79.9. The average Bonchev–Trinajstić information content (AvgIpc) is 2.29. The maximum absolute atomic E-state index is 11.0. The first-order chi connectivity index (χ1) is 8.84. The summed E-state index contributed by atoms with van der Waals surface area (Å²) in [6, 6.07) is -0.0725. The molecule has 0 bridgehead atoms. The standard InChI is InChI=1S/C11H14BrN3O4/c1-7(2)14(4-3-10(16)17)11-8(12)5-13-6-9(11)15(18)19/h5-7H,3-4H2,1-2H3,(H,16,17). The van der Waals surface area contributed by atoms with Gasteiger partial charge in [0.05, 0.1) is 15.8 Å². The van der Waals surface area contributed by atoms with E-state index in [4.69, 9.17) is 5.11 Å². The quantitative estimate of drug-likeness (QED) is 0.635. The van der Waals surface area contributed by atoms with E-state index in [1.165, 1.54) is 6.20 Å². The zero-order valence-electron chi connectivity index (χ0n) is 10.5.